The van der Waals surface area contributed by atoms with Crippen molar-refractivity contribution >= 4 is 42.5 Å². The average Bonchev–Trinajstić information content (AvgIpc) is 2.86. The summed E-state index contributed by atoms with van der Waals surface area (Å²) in [6.07, 6.45) is 0.936. The Morgan fingerprint density at radius 3 is 2.19 bits per heavy atom. The highest BCUT2D eigenvalue weighted by atomic mass is 32.2. The van der Waals surface area contributed by atoms with Gasteiger partial charge in [0.1, 0.15) is 6.04 Å². The van der Waals surface area contributed by atoms with Crippen LogP contribution in [0.15, 0.2) is 70.5 Å². The van der Waals surface area contributed by atoms with E-state index in [1.54, 1.807) is 30.3 Å². The molecule has 0 saturated heterocycles. The van der Waals surface area contributed by atoms with E-state index in [0.717, 1.165) is 16.6 Å². The smallest absolute Gasteiger partial charge is 0.323 e. The highest BCUT2D eigenvalue weighted by molar-refractivity contribution is 7.90. The summed E-state index contributed by atoms with van der Waals surface area (Å²) in [5.74, 6) is -0.705. The van der Waals surface area contributed by atoms with E-state index in [-0.39, 0.29) is 22.8 Å². The van der Waals surface area contributed by atoms with Gasteiger partial charge in [0.25, 0.3) is 0 Å². The van der Waals surface area contributed by atoms with Crippen molar-refractivity contribution in [3.63, 3.8) is 0 Å². The molecular weight excluding hydrogens is 514 g/mol. The van der Waals surface area contributed by atoms with E-state index < -0.39 is 32.1 Å². The molecule has 0 amide bonds. The van der Waals surface area contributed by atoms with Gasteiger partial charge in [-0.3, -0.25) is 4.79 Å². The van der Waals surface area contributed by atoms with Gasteiger partial charge in [-0.05, 0) is 50.5 Å². The SMILES string of the molecule is COC(=O)C(CCCCNS(=O)(=O)c1cccc2c(N(C)C)cccc12)NS(=O)(=O)c1ccc(C)cc1. The third-order valence-electron chi connectivity index (χ3n) is 5.96. The lowest BCUT2D eigenvalue weighted by molar-refractivity contribution is -0.142. The number of anilines is 1. The van der Waals surface area contributed by atoms with Crippen molar-refractivity contribution in [1.82, 2.24) is 9.44 Å². The van der Waals surface area contributed by atoms with E-state index in [1.807, 2.05) is 44.1 Å². The van der Waals surface area contributed by atoms with E-state index >= 15 is 0 Å². The second-order valence-electron chi connectivity index (χ2n) is 8.93. The van der Waals surface area contributed by atoms with Crippen molar-refractivity contribution in [3.8, 4) is 0 Å². The Morgan fingerprint density at radius 2 is 1.54 bits per heavy atom. The van der Waals surface area contributed by atoms with Gasteiger partial charge in [-0.1, -0.05) is 42.0 Å². The van der Waals surface area contributed by atoms with Gasteiger partial charge in [0.2, 0.25) is 20.0 Å². The topological polar surface area (TPSA) is 122 Å². The maximum atomic E-state index is 13.1. The highest BCUT2D eigenvalue weighted by Crippen LogP contribution is 2.30. The molecule has 0 aliphatic heterocycles. The molecule has 0 saturated carbocycles. The zero-order valence-electron chi connectivity index (χ0n) is 21.4. The normalized spacial score (nSPS) is 12.9. The molecule has 2 N–H and O–H groups in total. The fraction of sp³-hybridized carbons (Fsp3) is 0.346. The molecule has 0 heterocycles. The molecule has 9 nitrogen and oxygen atoms in total. The van der Waals surface area contributed by atoms with Crippen molar-refractivity contribution in [2.24, 2.45) is 0 Å². The van der Waals surface area contributed by atoms with Crippen LogP contribution in [0.1, 0.15) is 24.8 Å². The van der Waals surface area contributed by atoms with Crippen molar-refractivity contribution in [3.05, 3.63) is 66.2 Å². The van der Waals surface area contributed by atoms with Crippen molar-refractivity contribution < 1.29 is 26.4 Å². The minimum absolute atomic E-state index is 0.0484. The van der Waals surface area contributed by atoms with Crippen LogP contribution in [0.4, 0.5) is 5.69 Å². The Bertz CT molecular complexity index is 1450. The molecule has 0 fully saturated rings. The Labute approximate surface area is 218 Å². The van der Waals surface area contributed by atoms with E-state index in [1.165, 1.54) is 19.2 Å². The van der Waals surface area contributed by atoms with Crippen molar-refractivity contribution in [2.75, 3.05) is 32.6 Å². The van der Waals surface area contributed by atoms with Gasteiger partial charge in [-0.2, -0.15) is 4.72 Å². The van der Waals surface area contributed by atoms with E-state index in [0.29, 0.717) is 18.2 Å². The molecular formula is C26H33N3O6S2. The van der Waals surface area contributed by atoms with E-state index in [2.05, 4.69) is 9.44 Å². The van der Waals surface area contributed by atoms with Gasteiger partial charge in [0.15, 0.2) is 0 Å². The third kappa shape index (κ3) is 7.07. The number of nitrogens with zero attached hydrogens (tertiary/aromatic N) is 1. The van der Waals surface area contributed by atoms with Crippen molar-refractivity contribution in [1.29, 1.82) is 0 Å². The molecule has 3 rings (SSSR count). The second kappa shape index (κ2) is 12.0. The number of sulfonamides is 2. The van der Waals surface area contributed by atoms with Crippen LogP contribution >= 0.6 is 0 Å². The van der Waals surface area contributed by atoms with Crippen molar-refractivity contribution in [2.45, 2.75) is 42.0 Å². The second-order valence-corrected chi connectivity index (χ2v) is 12.4. The fourth-order valence-corrected chi connectivity index (χ4v) is 6.50. The summed E-state index contributed by atoms with van der Waals surface area (Å²) in [4.78, 5) is 14.4. The highest BCUT2D eigenvalue weighted by Gasteiger charge is 2.26. The first-order chi connectivity index (χ1) is 17.5. The largest absolute Gasteiger partial charge is 0.468 e. The summed E-state index contributed by atoms with van der Waals surface area (Å²) in [6, 6.07) is 15.9. The number of methoxy groups -OCH3 is 1. The van der Waals surface area contributed by atoms with E-state index in [4.69, 9.17) is 4.74 Å². The quantitative estimate of drug-likeness (QED) is 0.264. The zero-order valence-corrected chi connectivity index (χ0v) is 23.0. The molecule has 0 aromatic heterocycles. The Balaban J connectivity index is 1.63. The van der Waals surface area contributed by atoms with Crippen LogP contribution in [0.5, 0.6) is 0 Å². The van der Waals surface area contributed by atoms with Gasteiger partial charge in [0.05, 0.1) is 16.9 Å². The number of ether oxygens (including phenoxy) is 1. The molecule has 3 aromatic carbocycles. The number of hydrogen-bond donors (Lipinski definition) is 2. The lowest BCUT2D eigenvalue weighted by Gasteiger charge is -2.17. The maximum Gasteiger partial charge on any atom is 0.323 e. The lowest BCUT2D eigenvalue weighted by atomic mass is 10.1. The molecule has 37 heavy (non-hydrogen) atoms. The number of fused-ring (bicyclic) bond motifs is 1. The lowest BCUT2D eigenvalue weighted by Crippen LogP contribution is -2.41. The maximum absolute atomic E-state index is 13.1. The van der Waals surface area contributed by atoms with Crippen LogP contribution in [0, 0.1) is 6.92 Å². The molecule has 200 valence electrons. The molecule has 0 radical (unpaired) electrons. The summed E-state index contributed by atoms with van der Waals surface area (Å²) < 4.78 is 61.3. The molecule has 0 aliphatic carbocycles. The number of hydrogen-bond acceptors (Lipinski definition) is 7. The van der Waals surface area contributed by atoms with Gasteiger partial charge in [0, 0.05) is 37.1 Å². The average molecular weight is 548 g/mol. The first-order valence-electron chi connectivity index (χ1n) is 11.8. The monoisotopic (exact) mass is 547 g/mol. The van der Waals surface area contributed by atoms with Gasteiger partial charge in [-0.25, -0.2) is 21.6 Å². The Hall–Kier alpha value is -2.99. The first kappa shape index (κ1) is 28.6. The van der Waals surface area contributed by atoms with Gasteiger partial charge in [-0.15, -0.1) is 0 Å². The van der Waals surface area contributed by atoms with Gasteiger partial charge < -0.3 is 9.64 Å². The molecule has 3 aromatic rings. The number of esters is 1. The summed E-state index contributed by atoms with van der Waals surface area (Å²) in [7, 11) is -2.73. The molecule has 1 unspecified atom stereocenters. The van der Waals surface area contributed by atoms with E-state index in [9.17, 15) is 21.6 Å². The zero-order chi connectivity index (χ0) is 27.2. The molecule has 11 heteroatoms. The minimum Gasteiger partial charge on any atom is -0.468 e. The number of benzene rings is 3. The Kier molecular flexibility index (Phi) is 9.30. The fourth-order valence-electron chi connectivity index (χ4n) is 3.99. The first-order valence-corrected chi connectivity index (χ1v) is 14.8. The number of rotatable bonds is 12. The number of carbonyl (C=O) groups excluding carboxylic acids is 1. The number of nitrogens with one attached hydrogen (secondary N) is 2. The molecule has 0 spiro atoms. The Morgan fingerprint density at radius 1 is 0.892 bits per heavy atom. The van der Waals surface area contributed by atoms with Crippen LogP contribution in [0.3, 0.4) is 0 Å². The van der Waals surface area contributed by atoms with Crippen LogP contribution in [-0.2, 0) is 29.6 Å². The van der Waals surface area contributed by atoms with Crippen LogP contribution < -0.4 is 14.3 Å². The number of aryl methyl sites for hydroxylation is 1. The molecule has 0 bridgehead atoms. The number of carbonyl (C=O) groups is 1. The summed E-state index contributed by atoms with van der Waals surface area (Å²) in [5.41, 5.74) is 1.82. The summed E-state index contributed by atoms with van der Waals surface area (Å²) in [6.45, 7) is 1.97. The predicted octanol–water partition coefficient (Wildman–Crippen LogP) is 3.18. The molecule has 0 aliphatic rings. The summed E-state index contributed by atoms with van der Waals surface area (Å²) >= 11 is 0. The van der Waals surface area contributed by atoms with Crippen LogP contribution in [0.25, 0.3) is 10.8 Å². The number of unbranched alkanes of at least 4 members (excludes halogenated alkanes) is 1. The third-order valence-corrected chi connectivity index (χ3v) is 8.96. The predicted molar refractivity (Wildman–Crippen MR) is 145 cm³/mol. The van der Waals surface area contributed by atoms with Gasteiger partial charge >= 0.3 is 5.97 Å². The van der Waals surface area contributed by atoms with Crippen LogP contribution in [-0.4, -0.2) is 56.6 Å². The minimum atomic E-state index is -3.93. The van der Waals surface area contributed by atoms with Crippen LogP contribution in [0.2, 0.25) is 0 Å². The summed E-state index contributed by atoms with van der Waals surface area (Å²) in [5, 5.41) is 1.45. The standard InChI is InChI=1S/C26H33N3O6S2/c1-19-14-16-20(17-15-19)36(31,32)28-23(26(30)35-4)11-5-6-18-27-37(33,34)25-13-8-9-21-22(25)10-7-12-24(21)29(2)3/h7-10,12-17,23,27-28H,5-6,11,18H2,1-4H3. The molecule has 1 atom stereocenters.